The normalized spacial score (nSPS) is 10.2. The zero-order chi connectivity index (χ0) is 20.5. The number of esters is 1. The van der Waals surface area contributed by atoms with Crippen LogP contribution in [-0.4, -0.2) is 35.9 Å². The van der Waals surface area contributed by atoms with Gasteiger partial charge >= 0.3 is 5.97 Å². The summed E-state index contributed by atoms with van der Waals surface area (Å²) in [6.45, 7) is 3.56. The molecule has 0 aliphatic rings. The second-order valence-corrected chi connectivity index (χ2v) is 7.48. The highest BCUT2D eigenvalue weighted by Crippen LogP contribution is 2.15. The van der Waals surface area contributed by atoms with Gasteiger partial charge < -0.3 is 15.4 Å². The van der Waals surface area contributed by atoms with E-state index in [4.69, 9.17) is 16.3 Å². The van der Waals surface area contributed by atoms with Crippen LogP contribution in [0.1, 0.15) is 11.1 Å². The van der Waals surface area contributed by atoms with Crippen LogP contribution >= 0.6 is 23.4 Å². The summed E-state index contributed by atoms with van der Waals surface area (Å²) in [5.41, 5.74) is 3.46. The maximum Gasteiger partial charge on any atom is 0.316 e. The first-order valence-electron chi connectivity index (χ1n) is 8.49. The molecule has 0 unspecified atom stereocenters. The summed E-state index contributed by atoms with van der Waals surface area (Å²) in [5.74, 6) is -1.15. The van der Waals surface area contributed by atoms with Crippen molar-refractivity contribution in [3.63, 3.8) is 0 Å². The molecule has 2 N–H and O–H groups in total. The summed E-state index contributed by atoms with van der Waals surface area (Å²) < 4.78 is 4.93. The molecule has 0 radical (unpaired) electrons. The zero-order valence-electron chi connectivity index (χ0n) is 15.6. The lowest BCUT2D eigenvalue weighted by Gasteiger charge is -2.08. The highest BCUT2D eigenvalue weighted by molar-refractivity contribution is 8.00. The van der Waals surface area contributed by atoms with Gasteiger partial charge in [-0.25, -0.2) is 0 Å². The Labute approximate surface area is 173 Å². The minimum atomic E-state index is -0.556. The van der Waals surface area contributed by atoms with Gasteiger partial charge in [0.05, 0.1) is 11.5 Å². The van der Waals surface area contributed by atoms with Crippen LogP contribution in [0.15, 0.2) is 42.5 Å². The number of anilines is 2. The molecule has 2 amide bonds. The molecule has 0 fully saturated rings. The molecule has 0 atom stereocenters. The van der Waals surface area contributed by atoms with E-state index >= 15 is 0 Å². The van der Waals surface area contributed by atoms with Gasteiger partial charge in [0.25, 0.3) is 5.91 Å². The Morgan fingerprint density at radius 3 is 2.21 bits per heavy atom. The maximum absolute atomic E-state index is 11.9. The fraction of sp³-hybridized carbons (Fsp3) is 0.250. The predicted molar refractivity (Wildman–Crippen MR) is 113 cm³/mol. The molecular weight excluding hydrogens is 400 g/mol. The molecule has 0 aliphatic carbocycles. The Morgan fingerprint density at radius 2 is 1.54 bits per heavy atom. The number of hydrogen-bond acceptors (Lipinski definition) is 5. The molecule has 0 aliphatic heterocycles. The van der Waals surface area contributed by atoms with Crippen LogP contribution in [0.3, 0.4) is 0 Å². The number of ether oxygens (including phenoxy) is 1. The zero-order valence-corrected chi connectivity index (χ0v) is 17.2. The van der Waals surface area contributed by atoms with Gasteiger partial charge in [-0.2, -0.15) is 0 Å². The number of benzene rings is 2. The van der Waals surface area contributed by atoms with E-state index in [9.17, 15) is 14.4 Å². The van der Waals surface area contributed by atoms with E-state index in [0.717, 1.165) is 22.9 Å². The number of thioether (sulfide) groups is 1. The van der Waals surface area contributed by atoms with E-state index in [1.807, 2.05) is 26.0 Å². The van der Waals surface area contributed by atoms with E-state index in [1.165, 1.54) is 0 Å². The molecule has 6 nitrogen and oxygen atoms in total. The lowest BCUT2D eigenvalue weighted by Crippen LogP contribution is -2.22. The van der Waals surface area contributed by atoms with Crippen molar-refractivity contribution in [1.82, 2.24) is 0 Å². The van der Waals surface area contributed by atoms with Crippen molar-refractivity contribution in [2.75, 3.05) is 28.7 Å². The molecular formula is C20H21ClN2O4S. The topological polar surface area (TPSA) is 84.5 Å². The molecule has 148 valence electrons. The van der Waals surface area contributed by atoms with Gasteiger partial charge in [-0.1, -0.05) is 17.7 Å². The average Bonchev–Trinajstić information content (AvgIpc) is 2.65. The minimum Gasteiger partial charge on any atom is -0.455 e. The molecule has 2 rings (SSSR count). The molecule has 2 aromatic rings. The summed E-state index contributed by atoms with van der Waals surface area (Å²) in [6, 6.07) is 12.3. The fourth-order valence-corrected chi connectivity index (χ4v) is 2.90. The first kappa shape index (κ1) is 21.8. The number of aryl methyl sites for hydroxylation is 2. The summed E-state index contributed by atoms with van der Waals surface area (Å²) in [5, 5.41) is 5.95. The van der Waals surface area contributed by atoms with Crippen LogP contribution in [0.4, 0.5) is 11.4 Å². The Morgan fingerprint density at radius 1 is 0.893 bits per heavy atom. The number of hydrogen-bond donors (Lipinski definition) is 2. The molecule has 8 heteroatoms. The van der Waals surface area contributed by atoms with Gasteiger partial charge in [-0.05, 0) is 61.4 Å². The summed E-state index contributed by atoms with van der Waals surface area (Å²) in [6.07, 6.45) is 0. The molecule has 0 aromatic heterocycles. The molecule has 0 spiro atoms. The Kier molecular flexibility index (Phi) is 8.35. The average molecular weight is 421 g/mol. The third-order valence-electron chi connectivity index (χ3n) is 3.74. The monoisotopic (exact) mass is 420 g/mol. The fourth-order valence-electron chi connectivity index (χ4n) is 2.16. The standard InChI is InChI=1S/C20H21ClN2O4S/c1-13-3-6-17(9-14(13)2)23-18(24)10-27-20(26)12-28-11-19(25)22-16-7-4-15(21)5-8-16/h3-9H,10-12H2,1-2H3,(H,22,25)(H,23,24). The summed E-state index contributed by atoms with van der Waals surface area (Å²) >= 11 is 6.89. The second kappa shape index (κ2) is 10.7. The molecule has 0 saturated heterocycles. The van der Waals surface area contributed by atoms with Gasteiger partial charge in [-0.3, -0.25) is 14.4 Å². The maximum atomic E-state index is 11.9. The first-order valence-corrected chi connectivity index (χ1v) is 10.0. The van der Waals surface area contributed by atoms with Gasteiger partial charge in [-0.15, -0.1) is 11.8 Å². The number of carbonyl (C=O) groups is 3. The van der Waals surface area contributed by atoms with Crippen molar-refractivity contribution in [3.05, 3.63) is 58.6 Å². The number of amides is 2. The number of rotatable bonds is 8. The number of carbonyl (C=O) groups excluding carboxylic acids is 3. The van der Waals surface area contributed by atoms with Gasteiger partial charge in [0.1, 0.15) is 0 Å². The first-order chi connectivity index (χ1) is 13.3. The Balaban J connectivity index is 1.63. The summed E-state index contributed by atoms with van der Waals surface area (Å²) in [4.78, 5) is 35.4. The van der Waals surface area contributed by atoms with Crippen LogP contribution in [-0.2, 0) is 19.1 Å². The molecule has 28 heavy (non-hydrogen) atoms. The van der Waals surface area contributed by atoms with Crippen LogP contribution in [0.5, 0.6) is 0 Å². The van der Waals surface area contributed by atoms with Crippen LogP contribution < -0.4 is 10.6 Å². The minimum absolute atomic E-state index is 0.0229. The highest BCUT2D eigenvalue weighted by atomic mass is 35.5. The third kappa shape index (κ3) is 7.62. The number of nitrogens with one attached hydrogen (secondary N) is 2. The van der Waals surface area contributed by atoms with Crippen molar-refractivity contribution in [2.24, 2.45) is 0 Å². The molecule has 0 heterocycles. The third-order valence-corrected chi connectivity index (χ3v) is 4.89. The van der Waals surface area contributed by atoms with Gasteiger partial charge in [0.15, 0.2) is 6.61 Å². The Hall–Kier alpha value is -2.51. The predicted octanol–water partition coefficient (Wildman–Crippen LogP) is 3.81. The van der Waals surface area contributed by atoms with E-state index in [-0.39, 0.29) is 24.0 Å². The second-order valence-electron chi connectivity index (χ2n) is 6.06. The molecule has 2 aromatic carbocycles. The van der Waals surface area contributed by atoms with E-state index in [2.05, 4.69) is 10.6 Å². The molecule has 0 bridgehead atoms. The van der Waals surface area contributed by atoms with Crippen molar-refractivity contribution in [3.8, 4) is 0 Å². The van der Waals surface area contributed by atoms with Crippen molar-refractivity contribution >= 4 is 52.5 Å². The van der Waals surface area contributed by atoms with Gasteiger partial charge in [0.2, 0.25) is 5.91 Å². The Bertz CT molecular complexity index is 856. The van der Waals surface area contributed by atoms with Crippen molar-refractivity contribution < 1.29 is 19.1 Å². The highest BCUT2D eigenvalue weighted by Gasteiger charge is 2.10. The van der Waals surface area contributed by atoms with E-state index in [0.29, 0.717) is 16.4 Å². The SMILES string of the molecule is Cc1ccc(NC(=O)COC(=O)CSCC(=O)Nc2ccc(Cl)cc2)cc1C. The largest absolute Gasteiger partial charge is 0.455 e. The van der Waals surface area contributed by atoms with Crippen molar-refractivity contribution in [1.29, 1.82) is 0 Å². The van der Waals surface area contributed by atoms with E-state index in [1.54, 1.807) is 30.3 Å². The lowest BCUT2D eigenvalue weighted by atomic mass is 10.1. The van der Waals surface area contributed by atoms with Crippen LogP contribution in [0.2, 0.25) is 5.02 Å². The van der Waals surface area contributed by atoms with Crippen molar-refractivity contribution in [2.45, 2.75) is 13.8 Å². The van der Waals surface area contributed by atoms with Gasteiger partial charge in [0, 0.05) is 16.4 Å². The smallest absolute Gasteiger partial charge is 0.316 e. The van der Waals surface area contributed by atoms with Crippen LogP contribution in [0.25, 0.3) is 0 Å². The number of halogens is 1. The quantitative estimate of drug-likeness (QED) is 0.634. The van der Waals surface area contributed by atoms with Crippen LogP contribution in [0, 0.1) is 13.8 Å². The lowest BCUT2D eigenvalue weighted by molar-refractivity contribution is -0.144. The summed E-state index contributed by atoms with van der Waals surface area (Å²) in [7, 11) is 0. The van der Waals surface area contributed by atoms with E-state index < -0.39 is 11.9 Å². The molecule has 0 saturated carbocycles.